The highest BCUT2D eigenvalue weighted by Gasteiger charge is 2.11. The molecule has 0 bridgehead atoms. The van der Waals surface area contributed by atoms with Crippen molar-refractivity contribution in [3.8, 4) is 11.4 Å². The van der Waals surface area contributed by atoms with Crippen LogP contribution in [0.1, 0.15) is 25.5 Å². The van der Waals surface area contributed by atoms with E-state index in [2.05, 4.69) is 37.2 Å². The second-order valence-electron chi connectivity index (χ2n) is 4.11. The minimum absolute atomic E-state index is 0.390. The zero-order valence-electron chi connectivity index (χ0n) is 9.60. The molecule has 80 valence electrons. The quantitative estimate of drug-likeness (QED) is 0.751. The van der Waals surface area contributed by atoms with Crippen molar-refractivity contribution in [1.29, 1.82) is 0 Å². The van der Waals surface area contributed by atoms with E-state index in [9.17, 15) is 0 Å². The Morgan fingerprint density at radius 1 is 1.27 bits per heavy atom. The fourth-order valence-corrected chi connectivity index (χ4v) is 1.54. The van der Waals surface area contributed by atoms with Gasteiger partial charge in [-0.3, -0.25) is 9.36 Å². The van der Waals surface area contributed by atoms with E-state index in [1.807, 2.05) is 24.0 Å². The summed E-state index contributed by atoms with van der Waals surface area (Å²) >= 11 is 0. The molecule has 0 atom stereocenters. The number of nitrogens with zero attached hydrogens (tertiary/aromatic N) is 4. The summed E-state index contributed by atoms with van der Waals surface area (Å²) in [7, 11) is 1.91. The van der Waals surface area contributed by atoms with Gasteiger partial charge in [0, 0.05) is 25.5 Å². The van der Waals surface area contributed by atoms with Crippen LogP contribution in [-0.2, 0) is 7.05 Å². The van der Waals surface area contributed by atoms with E-state index in [1.54, 1.807) is 4.68 Å². The summed E-state index contributed by atoms with van der Waals surface area (Å²) in [6, 6.07) is 2.38. The monoisotopic (exact) mass is 204 g/mol. The van der Waals surface area contributed by atoms with Gasteiger partial charge in [-0.05, 0) is 32.4 Å². The molecule has 15 heavy (non-hydrogen) atoms. The lowest BCUT2D eigenvalue weighted by Gasteiger charge is -2.02. The van der Waals surface area contributed by atoms with Gasteiger partial charge in [-0.25, -0.2) is 0 Å². The first-order valence-electron chi connectivity index (χ1n) is 5.13. The maximum absolute atomic E-state index is 4.53. The van der Waals surface area contributed by atoms with Gasteiger partial charge in [-0.2, -0.15) is 10.2 Å². The molecule has 0 amide bonds. The SMILES string of the molecule is Cc1cn(C(C)C)nc1-c1ccn(C)n1. The van der Waals surface area contributed by atoms with Crippen molar-refractivity contribution in [1.82, 2.24) is 19.6 Å². The second kappa shape index (κ2) is 3.53. The van der Waals surface area contributed by atoms with E-state index < -0.39 is 0 Å². The highest BCUT2D eigenvalue weighted by molar-refractivity contribution is 5.57. The molecule has 4 nitrogen and oxygen atoms in total. The minimum atomic E-state index is 0.390. The van der Waals surface area contributed by atoms with Crippen LogP contribution in [0.4, 0.5) is 0 Å². The van der Waals surface area contributed by atoms with E-state index >= 15 is 0 Å². The highest BCUT2D eigenvalue weighted by atomic mass is 15.3. The average molecular weight is 204 g/mol. The van der Waals surface area contributed by atoms with Crippen molar-refractivity contribution in [3.05, 3.63) is 24.0 Å². The molecule has 0 aliphatic heterocycles. The third-order valence-electron chi connectivity index (χ3n) is 2.40. The maximum atomic E-state index is 4.53. The second-order valence-corrected chi connectivity index (χ2v) is 4.11. The van der Waals surface area contributed by atoms with Crippen LogP contribution in [0.3, 0.4) is 0 Å². The van der Waals surface area contributed by atoms with Crippen LogP contribution in [0.2, 0.25) is 0 Å². The lowest BCUT2D eigenvalue weighted by molar-refractivity contribution is 0.533. The van der Waals surface area contributed by atoms with Gasteiger partial charge in [0.25, 0.3) is 0 Å². The standard InChI is InChI=1S/C11H16N4/c1-8(2)15-7-9(3)11(13-15)10-5-6-14(4)12-10/h5-8H,1-4H3. The van der Waals surface area contributed by atoms with Crippen LogP contribution in [-0.4, -0.2) is 19.6 Å². The van der Waals surface area contributed by atoms with Gasteiger partial charge in [0.2, 0.25) is 0 Å². The summed E-state index contributed by atoms with van der Waals surface area (Å²) in [6.07, 6.45) is 4.00. The molecular formula is C11H16N4. The van der Waals surface area contributed by atoms with Crippen molar-refractivity contribution < 1.29 is 0 Å². The van der Waals surface area contributed by atoms with Gasteiger partial charge >= 0.3 is 0 Å². The predicted octanol–water partition coefficient (Wildman–Crippen LogP) is 2.17. The zero-order valence-corrected chi connectivity index (χ0v) is 9.60. The number of rotatable bonds is 2. The molecular weight excluding hydrogens is 188 g/mol. The molecule has 4 heteroatoms. The number of aromatic nitrogens is 4. The number of aryl methyl sites for hydroxylation is 2. The van der Waals surface area contributed by atoms with Crippen LogP contribution < -0.4 is 0 Å². The Kier molecular flexibility index (Phi) is 2.34. The van der Waals surface area contributed by atoms with Crippen LogP contribution in [0.25, 0.3) is 11.4 Å². The van der Waals surface area contributed by atoms with E-state index in [0.717, 1.165) is 11.4 Å². The lowest BCUT2D eigenvalue weighted by atomic mass is 10.2. The molecule has 2 aromatic rings. The predicted molar refractivity (Wildman–Crippen MR) is 59.6 cm³/mol. The van der Waals surface area contributed by atoms with Crippen molar-refractivity contribution in [2.24, 2.45) is 7.05 Å². The third-order valence-corrected chi connectivity index (χ3v) is 2.40. The summed E-state index contributed by atoms with van der Waals surface area (Å²) in [5.41, 5.74) is 3.08. The summed E-state index contributed by atoms with van der Waals surface area (Å²) in [4.78, 5) is 0. The molecule has 0 radical (unpaired) electrons. The van der Waals surface area contributed by atoms with Gasteiger partial charge < -0.3 is 0 Å². The Balaban J connectivity index is 2.44. The third kappa shape index (κ3) is 1.79. The molecule has 2 aromatic heterocycles. The first-order valence-corrected chi connectivity index (χ1v) is 5.13. The summed E-state index contributed by atoms with van der Waals surface area (Å²) in [5, 5.41) is 8.89. The van der Waals surface area contributed by atoms with Crippen molar-refractivity contribution in [3.63, 3.8) is 0 Å². The van der Waals surface area contributed by atoms with Gasteiger partial charge in [0.15, 0.2) is 0 Å². The molecule has 0 aliphatic rings. The molecule has 0 saturated carbocycles. The topological polar surface area (TPSA) is 35.6 Å². The molecule has 0 saturated heterocycles. The van der Waals surface area contributed by atoms with E-state index in [1.165, 1.54) is 5.56 Å². The molecule has 0 spiro atoms. The number of hydrogen-bond acceptors (Lipinski definition) is 2. The molecule has 2 heterocycles. The van der Waals surface area contributed by atoms with E-state index in [4.69, 9.17) is 0 Å². The largest absolute Gasteiger partial charge is 0.275 e. The lowest BCUT2D eigenvalue weighted by Crippen LogP contribution is -2.00. The van der Waals surface area contributed by atoms with E-state index in [0.29, 0.717) is 6.04 Å². The summed E-state index contributed by atoms with van der Waals surface area (Å²) in [5.74, 6) is 0. The van der Waals surface area contributed by atoms with E-state index in [-0.39, 0.29) is 0 Å². The number of hydrogen-bond donors (Lipinski definition) is 0. The Hall–Kier alpha value is -1.58. The fraction of sp³-hybridized carbons (Fsp3) is 0.455. The molecule has 0 aliphatic carbocycles. The summed E-state index contributed by atoms with van der Waals surface area (Å²) < 4.78 is 3.77. The fourth-order valence-electron chi connectivity index (χ4n) is 1.54. The van der Waals surface area contributed by atoms with Gasteiger partial charge in [0.1, 0.15) is 11.4 Å². The van der Waals surface area contributed by atoms with Gasteiger partial charge in [-0.1, -0.05) is 0 Å². The molecule has 0 unspecified atom stereocenters. The smallest absolute Gasteiger partial charge is 0.115 e. The molecule has 0 N–H and O–H groups in total. The molecule has 0 aromatic carbocycles. The molecule has 2 rings (SSSR count). The Labute approximate surface area is 89.5 Å². The van der Waals surface area contributed by atoms with Crippen LogP contribution in [0, 0.1) is 6.92 Å². The average Bonchev–Trinajstić information content (AvgIpc) is 2.71. The van der Waals surface area contributed by atoms with Crippen LogP contribution >= 0.6 is 0 Å². The highest BCUT2D eigenvalue weighted by Crippen LogP contribution is 2.20. The summed E-state index contributed by atoms with van der Waals surface area (Å²) in [6.45, 7) is 6.30. The minimum Gasteiger partial charge on any atom is -0.275 e. The first-order chi connectivity index (χ1) is 7.08. The van der Waals surface area contributed by atoms with Gasteiger partial charge in [-0.15, -0.1) is 0 Å². The normalized spacial score (nSPS) is 11.3. The van der Waals surface area contributed by atoms with Crippen LogP contribution in [0.15, 0.2) is 18.5 Å². The zero-order chi connectivity index (χ0) is 11.0. The van der Waals surface area contributed by atoms with Crippen molar-refractivity contribution >= 4 is 0 Å². The Morgan fingerprint density at radius 2 is 2.00 bits per heavy atom. The molecule has 0 fully saturated rings. The van der Waals surface area contributed by atoms with Crippen molar-refractivity contribution in [2.75, 3.05) is 0 Å². The maximum Gasteiger partial charge on any atom is 0.115 e. The first kappa shape index (κ1) is 9.96. The van der Waals surface area contributed by atoms with Crippen molar-refractivity contribution in [2.45, 2.75) is 26.8 Å². The Morgan fingerprint density at radius 3 is 2.47 bits per heavy atom. The van der Waals surface area contributed by atoms with Crippen LogP contribution in [0.5, 0.6) is 0 Å². The van der Waals surface area contributed by atoms with Gasteiger partial charge in [0.05, 0.1) is 0 Å². The Bertz CT molecular complexity index is 465.